The van der Waals surface area contributed by atoms with E-state index in [2.05, 4.69) is 27.4 Å². The number of aliphatic hydroxyl groups excluding tert-OH is 1. The second kappa shape index (κ2) is 4.80. The molecule has 1 N–H and O–H groups in total. The van der Waals surface area contributed by atoms with E-state index in [1.165, 1.54) is 18.4 Å². The van der Waals surface area contributed by atoms with Crippen molar-refractivity contribution in [2.75, 3.05) is 0 Å². The standard InChI is InChI=1S/C20H30O2/c1-6-19(4)11-8-13-16(17(19)22)14(21)12-15-18(2,3)9-7-10-20(13,15)5/h6,14-15,21H,1,7-12H2,2-5H3. The van der Waals surface area contributed by atoms with Crippen molar-refractivity contribution in [2.45, 2.75) is 72.3 Å². The van der Waals surface area contributed by atoms with Gasteiger partial charge in [-0.3, -0.25) is 4.79 Å². The van der Waals surface area contributed by atoms with Crippen molar-refractivity contribution in [3.05, 3.63) is 23.8 Å². The minimum Gasteiger partial charge on any atom is -0.388 e. The molecular formula is C20H30O2. The molecule has 2 nitrogen and oxygen atoms in total. The molecule has 0 amide bonds. The maximum Gasteiger partial charge on any atom is 0.171 e. The Kier molecular flexibility index (Phi) is 3.49. The number of Topliss-reactive ketones (excluding diaryl/α,β-unsaturated/α-hetero) is 1. The number of ketones is 1. The van der Waals surface area contributed by atoms with Crippen LogP contribution in [-0.4, -0.2) is 17.0 Å². The van der Waals surface area contributed by atoms with E-state index in [0.717, 1.165) is 31.3 Å². The van der Waals surface area contributed by atoms with Crippen molar-refractivity contribution in [2.24, 2.45) is 22.2 Å². The van der Waals surface area contributed by atoms with Gasteiger partial charge in [-0.2, -0.15) is 0 Å². The molecule has 122 valence electrons. The molecule has 1 fully saturated rings. The Morgan fingerprint density at radius 3 is 2.50 bits per heavy atom. The zero-order valence-electron chi connectivity index (χ0n) is 14.5. The molecule has 0 saturated heterocycles. The fourth-order valence-corrected chi connectivity index (χ4v) is 5.62. The molecular weight excluding hydrogens is 272 g/mol. The Balaban J connectivity index is 2.13. The fourth-order valence-electron chi connectivity index (χ4n) is 5.62. The highest BCUT2D eigenvalue weighted by molar-refractivity contribution is 6.03. The average molecular weight is 302 g/mol. The highest BCUT2D eigenvalue weighted by atomic mass is 16.3. The van der Waals surface area contributed by atoms with Gasteiger partial charge in [0.05, 0.1) is 6.10 Å². The molecule has 0 spiro atoms. The van der Waals surface area contributed by atoms with Gasteiger partial charge in [-0.15, -0.1) is 6.58 Å². The molecule has 1 saturated carbocycles. The van der Waals surface area contributed by atoms with Gasteiger partial charge in [-0.25, -0.2) is 0 Å². The van der Waals surface area contributed by atoms with Gasteiger partial charge in [0.15, 0.2) is 5.78 Å². The Morgan fingerprint density at radius 2 is 1.86 bits per heavy atom. The molecule has 0 aliphatic heterocycles. The van der Waals surface area contributed by atoms with Crippen LogP contribution in [0.1, 0.15) is 66.2 Å². The number of hydrogen-bond acceptors (Lipinski definition) is 2. The summed E-state index contributed by atoms with van der Waals surface area (Å²) in [5.41, 5.74) is 1.86. The van der Waals surface area contributed by atoms with Crippen LogP contribution >= 0.6 is 0 Å². The summed E-state index contributed by atoms with van der Waals surface area (Å²) in [5.74, 6) is 0.600. The molecule has 0 bridgehead atoms. The zero-order chi connectivity index (χ0) is 16.3. The van der Waals surface area contributed by atoms with Crippen LogP contribution in [0.2, 0.25) is 0 Å². The smallest absolute Gasteiger partial charge is 0.171 e. The van der Waals surface area contributed by atoms with Crippen LogP contribution in [0, 0.1) is 22.2 Å². The normalized spacial score (nSPS) is 44.3. The summed E-state index contributed by atoms with van der Waals surface area (Å²) in [6.07, 6.45) is 7.31. The van der Waals surface area contributed by atoms with Crippen molar-refractivity contribution in [1.29, 1.82) is 0 Å². The summed E-state index contributed by atoms with van der Waals surface area (Å²) >= 11 is 0. The van der Waals surface area contributed by atoms with Gasteiger partial charge in [-0.1, -0.05) is 38.8 Å². The molecule has 0 aromatic heterocycles. The second-order valence-corrected chi connectivity index (χ2v) is 8.91. The first-order valence-electron chi connectivity index (χ1n) is 8.76. The van der Waals surface area contributed by atoms with Gasteiger partial charge in [0.2, 0.25) is 0 Å². The first kappa shape index (κ1) is 16.0. The molecule has 3 rings (SSSR count). The Hall–Kier alpha value is -0.890. The lowest BCUT2D eigenvalue weighted by Gasteiger charge is -2.57. The summed E-state index contributed by atoms with van der Waals surface area (Å²) in [7, 11) is 0. The molecule has 0 aromatic rings. The SMILES string of the molecule is C=CC1(C)CCC2=C(C1=O)C(O)CC1C(C)(C)CCCC21C. The fraction of sp³-hybridized carbons (Fsp3) is 0.750. The number of allylic oxidation sites excluding steroid dienone is 2. The van der Waals surface area contributed by atoms with Crippen LogP contribution in [0.3, 0.4) is 0 Å². The topological polar surface area (TPSA) is 37.3 Å². The van der Waals surface area contributed by atoms with E-state index in [9.17, 15) is 9.90 Å². The number of aliphatic hydroxyl groups is 1. The van der Waals surface area contributed by atoms with Gasteiger partial charge in [0.25, 0.3) is 0 Å². The maximum atomic E-state index is 13.0. The molecule has 0 radical (unpaired) electrons. The van der Waals surface area contributed by atoms with E-state index in [1.54, 1.807) is 6.08 Å². The lowest BCUT2D eigenvalue weighted by atomic mass is 9.47. The van der Waals surface area contributed by atoms with E-state index in [-0.39, 0.29) is 16.6 Å². The summed E-state index contributed by atoms with van der Waals surface area (Å²) in [5, 5.41) is 10.8. The van der Waals surface area contributed by atoms with Gasteiger partial charge < -0.3 is 5.11 Å². The first-order chi connectivity index (χ1) is 10.2. The lowest BCUT2D eigenvalue weighted by Crippen LogP contribution is -2.52. The summed E-state index contributed by atoms with van der Waals surface area (Å²) in [4.78, 5) is 13.0. The van der Waals surface area contributed by atoms with E-state index in [1.807, 2.05) is 6.92 Å². The summed E-state index contributed by atoms with van der Waals surface area (Å²) in [6, 6.07) is 0. The molecule has 4 atom stereocenters. The first-order valence-corrected chi connectivity index (χ1v) is 8.76. The third-order valence-electron chi connectivity index (χ3n) is 7.14. The van der Waals surface area contributed by atoms with Crippen molar-refractivity contribution in [3.63, 3.8) is 0 Å². The third kappa shape index (κ3) is 1.99. The summed E-state index contributed by atoms with van der Waals surface area (Å²) in [6.45, 7) is 12.9. The number of carbonyl (C=O) groups is 1. The average Bonchev–Trinajstić information content (AvgIpc) is 2.44. The summed E-state index contributed by atoms with van der Waals surface area (Å²) < 4.78 is 0. The minimum absolute atomic E-state index is 0.0917. The van der Waals surface area contributed by atoms with Crippen molar-refractivity contribution in [1.82, 2.24) is 0 Å². The highest BCUT2D eigenvalue weighted by Gasteiger charge is 2.56. The number of fused-ring (bicyclic) bond motifs is 2. The Bertz CT molecular complexity index is 556. The predicted molar refractivity (Wildman–Crippen MR) is 89.4 cm³/mol. The van der Waals surface area contributed by atoms with Crippen LogP contribution in [0.15, 0.2) is 23.8 Å². The van der Waals surface area contributed by atoms with Crippen molar-refractivity contribution in [3.8, 4) is 0 Å². The van der Waals surface area contributed by atoms with E-state index in [4.69, 9.17) is 0 Å². The Labute approximate surface area is 134 Å². The molecule has 22 heavy (non-hydrogen) atoms. The van der Waals surface area contributed by atoms with Crippen LogP contribution < -0.4 is 0 Å². The van der Waals surface area contributed by atoms with Gasteiger partial charge >= 0.3 is 0 Å². The third-order valence-corrected chi connectivity index (χ3v) is 7.14. The van der Waals surface area contributed by atoms with Crippen LogP contribution in [0.5, 0.6) is 0 Å². The number of hydrogen-bond donors (Lipinski definition) is 1. The molecule has 3 aliphatic carbocycles. The number of rotatable bonds is 1. The van der Waals surface area contributed by atoms with E-state index < -0.39 is 11.5 Å². The van der Waals surface area contributed by atoms with Crippen LogP contribution in [0.25, 0.3) is 0 Å². The largest absolute Gasteiger partial charge is 0.388 e. The van der Waals surface area contributed by atoms with Gasteiger partial charge in [-0.05, 0) is 55.8 Å². The quantitative estimate of drug-likeness (QED) is 0.727. The lowest BCUT2D eigenvalue weighted by molar-refractivity contribution is -0.126. The van der Waals surface area contributed by atoms with Crippen molar-refractivity contribution >= 4 is 5.78 Å². The highest BCUT2D eigenvalue weighted by Crippen LogP contribution is 2.62. The van der Waals surface area contributed by atoms with Crippen LogP contribution in [0.4, 0.5) is 0 Å². The Morgan fingerprint density at radius 1 is 1.18 bits per heavy atom. The molecule has 4 unspecified atom stereocenters. The van der Waals surface area contributed by atoms with Gasteiger partial charge in [0.1, 0.15) is 0 Å². The van der Waals surface area contributed by atoms with E-state index >= 15 is 0 Å². The molecule has 2 heteroatoms. The zero-order valence-corrected chi connectivity index (χ0v) is 14.5. The van der Waals surface area contributed by atoms with E-state index in [0.29, 0.717) is 5.92 Å². The molecule has 0 aromatic carbocycles. The molecule has 0 heterocycles. The minimum atomic E-state index is -0.586. The predicted octanol–water partition coefficient (Wildman–Crippen LogP) is 4.44. The van der Waals surface area contributed by atoms with Crippen molar-refractivity contribution < 1.29 is 9.90 Å². The monoisotopic (exact) mass is 302 g/mol. The second-order valence-electron chi connectivity index (χ2n) is 8.91. The van der Waals surface area contributed by atoms with Gasteiger partial charge in [0, 0.05) is 11.0 Å². The number of carbonyl (C=O) groups excluding carboxylic acids is 1. The van der Waals surface area contributed by atoms with Crippen LogP contribution in [-0.2, 0) is 4.79 Å². The molecule has 3 aliphatic rings. The maximum absolute atomic E-state index is 13.0.